The number of ether oxygens (including phenoxy) is 1. The zero-order chi connectivity index (χ0) is 17.9. The number of aliphatic imine (C=N–C) groups is 1. The van der Waals surface area contributed by atoms with E-state index in [1.807, 2.05) is 0 Å². The molecule has 2 aliphatic heterocycles. The van der Waals surface area contributed by atoms with Crippen LogP contribution in [0, 0.1) is 13.8 Å². The zero-order valence-corrected chi connectivity index (χ0v) is 16.8. The highest BCUT2D eigenvalue weighted by molar-refractivity contribution is 8.14. The second-order valence-electron chi connectivity index (χ2n) is 6.69. The molecule has 138 valence electrons. The van der Waals surface area contributed by atoms with Crippen LogP contribution in [0.25, 0.3) is 0 Å². The minimum atomic E-state index is 0.284. The fourth-order valence-corrected chi connectivity index (χ4v) is 4.87. The Kier molecular flexibility index (Phi) is 5.47. The Labute approximate surface area is 162 Å². The Hall–Kier alpha value is -1.57. The van der Waals surface area contributed by atoms with Crippen molar-refractivity contribution in [2.45, 2.75) is 39.3 Å². The number of aromatic nitrogens is 1. The Morgan fingerprint density at radius 3 is 3.04 bits per heavy atom. The normalized spacial score (nSPS) is 21.8. The summed E-state index contributed by atoms with van der Waals surface area (Å²) in [7, 11) is 0. The third-order valence-corrected chi connectivity index (χ3v) is 6.65. The van der Waals surface area contributed by atoms with E-state index in [1.54, 1.807) is 23.1 Å². The van der Waals surface area contributed by atoms with Crippen LogP contribution in [0.1, 0.15) is 34.7 Å². The number of aryl methyl sites for hydroxylation is 1. The van der Waals surface area contributed by atoms with Gasteiger partial charge in [-0.3, -0.25) is 10.4 Å². The van der Waals surface area contributed by atoms with Crippen molar-refractivity contribution in [1.82, 2.24) is 9.99 Å². The Morgan fingerprint density at radius 1 is 1.42 bits per heavy atom. The molecule has 5 nitrogen and oxygen atoms in total. The lowest BCUT2D eigenvalue weighted by atomic mass is 10.1. The number of thiophene rings is 1. The van der Waals surface area contributed by atoms with Crippen molar-refractivity contribution in [1.29, 1.82) is 0 Å². The fraction of sp³-hybridized carbons (Fsp3) is 0.474. The van der Waals surface area contributed by atoms with Crippen LogP contribution in [-0.2, 0) is 11.3 Å². The van der Waals surface area contributed by atoms with Gasteiger partial charge >= 0.3 is 0 Å². The summed E-state index contributed by atoms with van der Waals surface area (Å²) in [6, 6.07) is 6.55. The van der Waals surface area contributed by atoms with E-state index in [9.17, 15) is 0 Å². The molecule has 0 bridgehead atoms. The lowest BCUT2D eigenvalue weighted by Gasteiger charge is -2.16. The number of hydrazone groups is 1. The van der Waals surface area contributed by atoms with Gasteiger partial charge in [-0.1, -0.05) is 17.8 Å². The van der Waals surface area contributed by atoms with Crippen molar-refractivity contribution in [2.24, 2.45) is 10.1 Å². The summed E-state index contributed by atoms with van der Waals surface area (Å²) >= 11 is 3.53. The monoisotopic (exact) mass is 388 g/mol. The molecule has 7 heteroatoms. The first-order chi connectivity index (χ1) is 12.7. The minimum absolute atomic E-state index is 0.284. The number of rotatable bonds is 5. The average molecular weight is 389 g/mol. The van der Waals surface area contributed by atoms with Gasteiger partial charge in [-0.15, -0.1) is 11.3 Å². The van der Waals surface area contributed by atoms with E-state index < -0.39 is 0 Å². The molecule has 0 amide bonds. The number of hydrogen-bond acceptors (Lipinski definition) is 5. The van der Waals surface area contributed by atoms with Gasteiger partial charge in [-0.25, -0.2) is 0 Å². The molecule has 1 atom stereocenters. The Bertz CT molecular complexity index is 817. The van der Waals surface area contributed by atoms with E-state index in [0.717, 1.165) is 49.2 Å². The van der Waals surface area contributed by atoms with Crippen molar-refractivity contribution in [3.63, 3.8) is 0 Å². The van der Waals surface area contributed by atoms with E-state index in [1.165, 1.54) is 21.8 Å². The van der Waals surface area contributed by atoms with Crippen LogP contribution in [0.4, 0.5) is 0 Å². The van der Waals surface area contributed by atoms with Gasteiger partial charge < -0.3 is 9.30 Å². The molecule has 0 aromatic carbocycles. The first-order valence-electron chi connectivity index (χ1n) is 9.01. The SMILES string of the molecule is Cc1cc(C2=NNC(=NC[C@@H]3CCCO3)SC2)c(C)n1Cc1cccs1. The molecule has 2 aromatic heterocycles. The maximum Gasteiger partial charge on any atom is 0.177 e. The van der Waals surface area contributed by atoms with E-state index in [4.69, 9.17) is 4.74 Å². The van der Waals surface area contributed by atoms with Crippen LogP contribution < -0.4 is 5.43 Å². The first-order valence-corrected chi connectivity index (χ1v) is 10.9. The molecule has 4 heterocycles. The molecule has 26 heavy (non-hydrogen) atoms. The van der Waals surface area contributed by atoms with Gasteiger partial charge in [0, 0.05) is 34.2 Å². The molecule has 1 N–H and O–H groups in total. The van der Waals surface area contributed by atoms with Gasteiger partial charge in [0.05, 0.1) is 24.9 Å². The maximum atomic E-state index is 5.63. The molecule has 0 radical (unpaired) electrons. The van der Waals surface area contributed by atoms with Crippen LogP contribution in [0.5, 0.6) is 0 Å². The summed E-state index contributed by atoms with van der Waals surface area (Å²) in [5.41, 5.74) is 8.01. The van der Waals surface area contributed by atoms with Gasteiger partial charge in [0.1, 0.15) is 0 Å². The molecule has 1 fully saturated rings. The summed E-state index contributed by atoms with van der Waals surface area (Å²) in [4.78, 5) is 6.00. The van der Waals surface area contributed by atoms with Crippen molar-refractivity contribution in [3.05, 3.63) is 45.4 Å². The summed E-state index contributed by atoms with van der Waals surface area (Å²) in [5, 5.41) is 7.63. The Balaban J connectivity index is 1.45. The summed E-state index contributed by atoms with van der Waals surface area (Å²) < 4.78 is 8.00. The van der Waals surface area contributed by atoms with Crippen LogP contribution in [0.15, 0.2) is 33.7 Å². The zero-order valence-electron chi connectivity index (χ0n) is 15.2. The molecule has 2 aliphatic rings. The standard InChI is InChI=1S/C19H24N4OS2/c1-13-9-17(14(2)23(13)11-16-6-4-8-25-16)18-12-26-19(22-21-18)20-10-15-5-3-7-24-15/h4,6,8-9,15H,3,5,7,10-12H2,1-2H3,(H,20,22)/t15-/m0/s1. The average Bonchev–Trinajstić information content (AvgIpc) is 3.40. The number of nitrogens with one attached hydrogen (secondary N) is 1. The van der Waals surface area contributed by atoms with Crippen LogP contribution >= 0.6 is 23.1 Å². The second-order valence-corrected chi connectivity index (χ2v) is 8.69. The topological polar surface area (TPSA) is 50.9 Å². The van der Waals surface area contributed by atoms with E-state index in [-0.39, 0.29) is 6.10 Å². The van der Waals surface area contributed by atoms with Crippen molar-refractivity contribution in [3.8, 4) is 0 Å². The number of amidine groups is 1. The van der Waals surface area contributed by atoms with Crippen molar-refractivity contribution >= 4 is 34.0 Å². The van der Waals surface area contributed by atoms with Gasteiger partial charge in [-0.05, 0) is 44.2 Å². The largest absolute Gasteiger partial charge is 0.376 e. The molecule has 0 spiro atoms. The lowest BCUT2D eigenvalue weighted by molar-refractivity contribution is 0.118. The number of nitrogens with zero attached hydrogens (tertiary/aromatic N) is 3. The van der Waals surface area contributed by atoms with E-state index in [0.29, 0.717) is 0 Å². The van der Waals surface area contributed by atoms with Crippen LogP contribution in [0.2, 0.25) is 0 Å². The maximum absolute atomic E-state index is 5.63. The molecule has 1 saturated heterocycles. The predicted octanol–water partition coefficient (Wildman–Crippen LogP) is 3.79. The van der Waals surface area contributed by atoms with E-state index >= 15 is 0 Å². The molecule has 2 aromatic rings. The third kappa shape index (κ3) is 3.89. The van der Waals surface area contributed by atoms with E-state index in [2.05, 4.69) is 57.5 Å². The van der Waals surface area contributed by atoms with Gasteiger partial charge in [0.15, 0.2) is 5.17 Å². The van der Waals surface area contributed by atoms with Crippen LogP contribution in [-0.4, -0.2) is 40.5 Å². The smallest absolute Gasteiger partial charge is 0.177 e. The number of hydrogen-bond donors (Lipinski definition) is 1. The highest BCUT2D eigenvalue weighted by Gasteiger charge is 2.20. The van der Waals surface area contributed by atoms with Gasteiger partial charge in [-0.2, -0.15) is 5.10 Å². The first kappa shape index (κ1) is 17.8. The quantitative estimate of drug-likeness (QED) is 0.848. The summed E-state index contributed by atoms with van der Waals surface area (Å²) in [6.45, 7) is 6.89. The second kappa shape index (κ2) is 7.98. The summed E-state index contributed by atoms with van der Waals surface area (Å²) in [6.07, 6.45) is 2.55. The highest BCUT2D eigenvalue weighted by atomic mass is 32.2. The van der Waals surface area contributed by atoms with Gasteiger partial charge in [0.25, 0.3) is 0 Å². The molecule has 4 rings (SSSR count). The summed E-state index contributed by atoms with van der Waals surface area (Å²) in [5.74, 6) is 0.848. The van der Waals surface area contributed by atoms with Crippen molar-refractivity contribution < 1.29 is 4.74 Å². The predicted molar refractivity (Wildman–Crippen MR) is 111 cm³/mol. The minimum Gasteiger partial charge on any atom is -0.376 e. The highest BCUT2D eigenvalue weighted by Crippen LogP contribution is 2.23. The fourth-order valence-electron chi connectivity index (χ4n) is 3.40. The molecular weight excluding hydrogens is 364 g/mol. The third-order valence-electron chi connectivity index (χ3n) is 4.87. The number of thioether (sulfide) groups is 1. The van der Waals surface area contributed by atoms with Crippen molar-refractivity contribution in [2.75, 3.05) is 18.9 Å². The van der Waals surface area contributed by atoms with Crippen LogP contribution in [0.3, 0.4) is 0 Å². The lowest BCUT2D eigenvalue weighted by Crippen LogP contribution is -2.26. The molecule has 0 unspecified atom stereocenters. The molecule has 0 saturated carbocycles. The van der Waals surface area contributed by atoms with Gasteiger partial charge in [0.2, 0.25) is 0 Å². The molecular formula is C19H24N4OS2. The Morgan fingerprint density at radius 2 is 2.35 bits per heavy atom. The molecule has 0 aliphatic carbocycles.